The first-order valence-electron chi connectivity index (χ1n) is 5.92. The van der Waals surface area contributed by atoms with E-state index in [9.17, 15) is 10.1 Å². The van der Waals surface area contributed by atoms with Crippen LogP contribution in [0.15, 0.2) is 30.0 Å². The lowest BCUT2D eigenvalue weighted by Gasteiger charge is -2.28. The Bertz CT molecular complexity index is 448. The molecule has 1 aliphatic rings. The zero-order valence-electron chi connectivity index (χ0n) is 10.3. The second-order valence-corrected chi connectivity index (χ2v) is 4.23. The molecule has 0 aliphatic carbocycles. The number of hydrogen-bond acceptors (Lipinski definition) is 4. The van der Waals surface area contributed by atoms with Crippen LogP contribution in [0.5, 0.6) is 0 Å². The summed E-state index contributed by atoms with van der Waals surface area (Å²) in [6, 6.07) is 7.78. The van der Waals surface area contributed by atoms with Gasteiger partial charge in [-0.2, -0.15) is 0 Å². The third-order valence-electron chi connectivity index (χ3n) is 2.93. The van der Waals surface area contributed by atoms with E-state index in [2.05, 4.69) is 4.90 Å². The van der Waals surface area contributed by atoms with E-state index in [-0.39, 0.29) is 10.6 Å². The quantitative estimate of drug-likeness (QED) is 0.607. The van der Waals surface area contributed by atoms with Crippen molar-refractivity contribution in [2.75, 3.05) is 31.2 Å². The molecule has 0 unspecified atom stereocenters. The number of morpholine rings is 1. The molecule has 0 bridgehead atoms. The van der Waals surface area contributed by atoms with Crippen molar-refractivity contribution in [3.05, 3.63) is 45.6 Å². The van der Waals surface area contributed by atoms with Gasteiger partial charge in [-0.25, -0.2) is 0 Å². The maximum atomic E-state index is 10.5. The van der Waals surface area contributed by atoms with Crippen molar-refractivity contribution in [3.8, 4) is 0 Å². The van der Waals surface area contributed by atoms with Gasteiger partial charge < -0.3 is 9.64 Å². The van der Waals surface area contributed by atoms with Crippen molar-refractivity contribution in [1.29, 1.82) is 0 Å². The van der Waals surface area contributed by atoms with Crippen LogP contribution in [0, 0.1) is 10.1 Å². The number of ether oxygens (including phenoxy) is 1. The van der Waals surface area contributed by atoms with Crippen LogP contribution in [-0.2, 0) is 4.74 Å². The number of nitrogens with zero attached hydrogens (tertiary/aromatic N) is 2. The van der Waals surface area contributed by atoms with Gasteiger partial charge in [-0.1, -0.05) is 12.1 Å². The van der Waals surface area contributed by atoms with Crippen LogP contribution in [0.1, 0.15) is 12.5 Å². The Morgan fingerprint density at radius 2 is 1.94 bits per heavy atom. The van der Waals surface area contributed by atoms with Crippen molar-refractivity contribution in [1.82, 2.24) is 0 Å². The van der Waals surface area contributed by atoms with E-state index in [1.165, 1.54) is 6.92 Å². The lowest BCUT2D eigenvalue weighted by Crippen LogP contribution is -2.36. The van der Waals surface area contributed by atoms with Crippen LogP contribution in [0.2, 0.25) is 0 Å². The van der Waals surface area contributed by atoms with Crippen molar-refractivity contribution in [2.45, 2.75) is 6.92 Å². The third kappa shape index (κ3) is 3.07. The van der Waals surface area contributed by atoms with Crippen LogP contribution in [0.3, 0.4) is 0 Å². The van der Waals surface area contributed by atoms with E-state index >= 15 is 0 Å². The molecule has 0 amide bonds. The molecule has 0 radical (unpaired) electrons. The Kier molecular flexibility index (Phi) is 3.94. The van der Waals surface area contributed by atoms with Gasteiger partial charge in [0, 0.05) is 31.8 Å². The fourth-order valence-electron chi connectivity index (χ4n) is 1.90. The standard InChI is InChI=1S/C13H16N2O3/c1-11(15(16)17)10-12-2-4-13(5-3-12)14-6-8-18-9-7-14/h2-5,10H,6-9H2,1H3. The summed E-state index contributed by atoms with van der Waals surface area (Å²) in [4.78, 5) is 12.4. The van der Waals surface area contributed by atoms with Crippen LogP contribution in [0.25, 0.3) is 6.08 Å². The molecular weight excluding hydrogens is 232 g/mol. The molecule has 0 spiro atoms. The summed E-state index contributed by atoms with van der Waals surface area (Å²) < 4.78 is 5.30. The topological polar surface area (TPSA) is 55.6 Å². The van der Waals surface area contributed by atoms with Crippen LogP contribution in [0.4, 0.5) is 5.69 Å². The highest BCUT2D eigenvalue weighted by Gasteiger charge is 2.10. The lowest BCUT2D eigenvalue weighted by molar-refractivity contribution is -0.422. The molecule has 0 N–H and O–H groups in total. The first-order valence-corrected chi connectivity index (χ1v) is 5.92. The van der Waals surface area contributed by atoms with E-state index in [4.69, 9.17) is 4.74 Å². The zero-order chi connectivity index (χ0) is 13.0. The minimum absolute atomic E-state index is 0.147. The van der Waals surface area contributed by atoms with E-state index in [0.29, 0.717) is 0 Å². The molecule has 5 nitrogen and oxygen atoms in total. The molecule has 0 atom stereocenters. The van der Waals surface area contributed by atoms with Crippen molar-refractivity contribution < 1.29 is 9.66 Å². The number of benzene rings is 1. The molecule has 1 saturated heterocycles. The number of allylic oxidation sites excluding steroid dienone is 1. The predicted octanol–water partition coefficient (Wildman–Crippen LogP) is 2.16. The molecule has 0 aromatic heterocycles. The van der Waals surface area contributed by atoms with Crippen molar-refractivity contribution >= 4 is 11.8 Å². The molecule has 1 fully saturated rings. The Labute approximate surface area is 106 Å². The van der Waals surface area contributed by atoms with Gasteiger partial charge in [-0.15, -0.1) is 0 Å². The first-order chi connectivity index (χ1) is 8.66. The van der Waals surface area contributed by atoms with Gasteiger partial charge in [-0.05, 0) is 17.7 Å². The average Bonchev–Trinajstić information content (AvgIpc) is 2.40. The molecule has 2 rings (SSSR count). The summed E-state index contributed by atoms with van der Waals surface area (Å²) in [7, 11) is 0. The molecule has 1 heterocycles. The van der Waals surface area contributed by atoms with E-state index in [1.807, 2.05) is 24.3 Å². The smallest absolute Gasteiger partial charge is 0.243 e. The SMILES string of the molecule is CC(=Cc1ccc(N2CCOCC2)cc1)[N+](=O)[O-]. The van der Waals surface area contributed by atoms with Gasteiger partial charge in [-0.3, -0.25) is 10.1 Å². The summed E-state index contributed by atoms with van der Waals surface area (Å²) in [5.41, 5.74) is 2.13. The average molecular weight is 248 g/mol. The number of nitro groups is 1. The minimum atomic E-state index is -0.379. The maximum absolute atomic E-state index is 10.5. The van der Waals surface area contributed by atoms with Crippen LogP contribution in [-0.4, -0.2) is 31.2 Å². The van der Waals surface area contributed by atoms with Crippen molar-refractivity contribution in [2.24, 2.45) is 0 Å². The monoisotopic (exact) mass is 248 g/mol. The Balaban J connectivity index is 2.09. The molecule has 0 saturated carbocycles. The van der Waals surface area contributed by atoms with Gasteiger partial charge >= 0.3 is 0 Å². The zero-order valence-corrected chi connectivity index (χ0v) is 10.3. The summed E-state index contributed by atoms with van der Waals surface area (Å²) in [6.07, 6.45) is 1.57. The molecule has 18 heavy (non-hydrogen) atoms. The molecular formula is C13H16N2O3. The van der Waals surface area contributed by atoms with Gasteiger partial charge in [0.05, 0.1) is 18.1 Å². The fraction of sp³-hybridized carbons (Fsp3) is 0.385. The lowest BCUT2D eigenvalue weighted by atomic mass is 10.1. The highest BCUT2D eigenvalue weighted by molar-refractivity contribution is 5.56. The summed E-state index contributed by atoms with van der Waals surface area (Å²) in [6.45, 7) is 4.78. The van der Waals surface area contributed by atoms with Crippen LogP contribution >= 0.6 is 0 Å². The highest BCUT2D eigenvalue weighted by atomic mass is 16.6. The molecule has 96 valence electrons. The van der Waals surface area contributed by atoms with Crippen molar-refractivity contribution in [3.63, 3.8) is 0 Å². The molecule has 1 aromatic rings. The summed E-state index contributed by atoms with van der Waals surface area (Å²) in [5.74, 6) is 0. The Morgan fingerprint density at radius 1 is 1.33 bits per heavy atom. The molecule has 1 aliphatic heterocycles. The second kappa shape index (κ2) is 5.64. The Morgan fingerprint density at radius 3 is 2.50 bits per heavy atom. The number of hydrogen-bond donors (Lipinski definition) is 0. The van der Waals surface area contributed by atoms with Crippen LogP contribution < -0.4 is 4.90 Å². The van der Waals surface area contributed by atoms with E-state index in [1.54, 1.807) is 6.08 Å². The second-order valence-electron chi connectivity index (χ2n) is 4.23. The first kappa shape index (κ1) is 12.6. The number of rotatable bonds is 3. The predicted molar refractivity (Wildman–Crippen MR) is 70.1 cm³/mol. The fourth-order valence-corrected chi connectivity index (χ4v) is 1.90. The van der Waals surface area contributed by atoms with Gasteiger partial charge in [0.25, 0.3) is 0 Å². The largest absolute Gasteiger partial charge is 0.378 e. The summed E-state index contributed by atoms with van der Waals surface area (Å²) >= 11 is 0. The highest BCUT2D eigenvalue weighted by Crippen LogP contribution is 2.18. The van der Waals surface area contributed by atoms with Gasteiger partial charge in [0.2, 0.25) is 5.70 Å². The third-order valence-corrected chi connectivity index (χ3v) is 2.93. The number of anilines is 1. The van der Waals surface area contributed by atoms with Gasteiger partial charge in [0.1, 0.15) is 0 Å². The normalized spacial score (nSPS) is 16.7. The molecule has 1 aromatic carbocycles. The summed E-state index contributed by atoms with van der Waals surface area (Å²) in [5, 5.41) is 10.5. The molecule has 5 heteroatoms. The Hall–Kier alpha value is -1.88. The van der Waals surface area contributed by atoms with E-state index in [0.717, 1.165) is 37.6 Å². The minimum Gasteiger partial charge on any atom is -0.378 e. The van der Waals surface area contributed by atoms with E-state index < -0.39 is 0 Å². The van der Waals surface area contributed by atoms with Gasteiger partial charge in [0.15, 0.2) is 0 Å². The maximum Gasteiger partial charge on any atom is 0.243 e.